The molecule has 3 aromatic rings. The van der Waals surface area contributed by atoms with Crippen molar-refractivity contribution in [3.63, 3.8) is 0 Å². The average Bonchev–Trinajstić information content (AvgIpc) is 3.23. The van der Waals surface area contributed by atoms with Crippen molar-refractivity contribution in [1.82, 2.24) is 5.32 Å². The van der Waals surface area contributed by atoms with E-state index in [-0.39, 0.29) is 11.9 Å². The predicted molar refractivity (Wildman–Crippen MR) is 110 cm³/mol. The van der Waals surface area contributed by atoms with Crippen LogP contribution in [0.1, 0.15) is 38.0 Å². The van der Waals surface area contributed by atoms with Crippen molar-refractivity contribution in [3.05, 3.63) is 93.2 Å². The maximum Gasteiger partial charge on any atom is 0.251 e. The van der Waals surface area contributed by atoms with Crippen LogP contribution in [0.25, 0.3) is 0 Å². The fourth-order valence-corrected chi connectivity index (χ4v) is 4.72. The van der Waals surface area contributed by atoms with E-state index in [1.807, 2.05) is 31.2 Å². The zero-order chi connectivity index (χ0) is 18.6. The third kappa shape index (κ3) is 4.12. The van der Waals surface area contributed by atoms with Crippen LogP contribution in [0.3, 0.4) is 0 Å². The Hall–Kier alpha value is -2.43. The number of hydrogen-bond acceptors (Lipinski definition) is 2. The minimum atomic E-state index is 0.00775. The topological polar surface area (TPSA) is 33.5 Å². The zero-order valence-electron chi connectivity index (χ0n) is 15.6. The van der Waals surface area contributed by atoms with Gasteiger partial charge in [-0.1, -0.05) is 48.0 Å². The van der Waals surface area contributed by atoms with Crippen molar-refractivity contribution in [2.24, 2.45) is 0 Å². The highest BCUT2D eigenvalue weighted by Gasteiger charge is 2.29. The van der Waals surface area contributed by atoms with E-state index in [2.05, 4.69) is 47.1 Å². The summed E-state index contributed by atoms with van der Waals surface area (Å²) in [6.45, 7) is 4.80. The lowest BCUT2D eigenvalue weighted by atomic mass is 9.98. The van der Waals surface area contributed by atoms with E-state index >= 15 is 0 Å². The Bertz CT molecular complexity index is 902. The molecule has 0 saturated heterocycles. The quantitative estimate of drug-likeness (QED) is 0.704. The molecule has 1 aromatic heterocycles. The largest absolute Gasteiger partial charge is 0.346 e. The van der Waals surface area contributed by atoms with Gasteiger partial charge in [0.05, 0.1) is 18.0 Å². The van der Waals surface area contributed by atoms with Gasteiger partial charge in [0.15, 0.2) is 0 Å². The van der Waals surface area contributed by atoms with Crippen LogP contribution in [0.4, 0.5) is 0 Å². The van der Waals surface area contributed by atoms with E-state index in [4.69, 9.17) is 0 Å². The summed E-state index contributed by atoms with van der Waals surface area (Å²) in [4.78, 5) is 15.5. The van der Waals surface area contributed by atoms with Crippen LogP contribution in [0.15, 0.2) is 66.0 Å². The minimum absolute atomic E-state index is 0.00775. The molecule has 138 valence electrons. The van der Waals surface area contributed by atoms with E-state index in [1.165, 1.54) is 26.5 Å². The summed E-state index contributed by atoms with van der Waals surface area (Å²) in [5.74, 6) is 0.00775. The van der Waals surface area contributed by atoms with Crippen LogP contribution in [-0.4, -0.2) is 19.0 Å². The summed E-state index contributed by atoms with van der Waals surface area (Å²) in [7, 11) is 0. The van der Waals surface area contributed by atoms with Gasteiger partial charge >= 0.3 is 0 Å². The number of nitrogens with one attached hydrogen (secondary N) is 2. The molecule has 2 heterocycles. The second kappa shape index (κ2) is 8.07. The average molecular weight is 378 g/mol. The highest BCUT2D eigenvalue weighted by molar-refractivity contribution is 7.10. The normalized spacial score (nSPS) is 17.1. The van der Waals surface area contributed by atoms with Gasteiger partial charge in [0, 0.05) is 17.5 Å². The Morgan fingerprint density at radius 1 is 1.07 bits per heavy atom. The van der Waals surface area contributed by atoms with Crippen LogP contribution >= 0.6 is 11.3 Å². The third-order valence-electron chi connectivity index (χ3n) is 5.41. The Morgan fingerprint density at radius 2 is 1.85 bits per heavy atom. The molecule has 0 spiro atoms. The molecule has 0 aliphatic carbocycles. The smallest absolute Gasteiger partial charge is 0.251 e. The molecule has 4 heteroatoms. The first-order valence-corrected chi connectivity index (χ1v) is 10.4. The van der Waals surface area contributed by atoms with E-state index in [9.17, 15) is 4.79 Å². The van der Waals surface area contributed by atoms with Gasteiger partial charge in [-0.05, 0) is 36.1 Å². The highest BCUT2D eigenvalue weighted by atomic mass is 32.1. The van der Waals surface area contributed by atoms with Crippen molar-refractivity contribution >= 4 is 17.2 Å². The number of hydrogen-bond donors (Lipinski definition) is 2. The second-order valence-electron chi connectivity index (χ2n) is 7.25. The lowest BCUT2D eigenvalue weighted by Gasteiger charge is -2.32. The molecule has 0 saturated carbocycles. The first kappa shape index (κ1) is 18.0. The summed E-state index contributed by atoms with van der Waals surface area (Å²) in [6.07, 6.45) is 1.10. The molecule has 2 atom stereocenters. The molecule has 2 aromatic carbocycles. The van der Waals surface area contributed by atoms with Crippen LogP contribution < -0.4 is 10.2 Å². The third-order valence-corrected chi connectivity index (χ3v) is 6.40. The summed E-state index contributed by atoms with van der Waals surface area (Å²) >= 11 is 1.78. The van der Waals surface area contributed by atoms with Crippen LogP contribution in [0, 0.1) is 6.92 Å². The SMILES string of the molecule is Cc1ccc(C(=O)NC[C@H](c2cccs2)[NH+]2CCc3ccccc3C2)cc1. The summed E-state index contributed by atoms with van der Waals surface area (Å²) in [6, 6.07) is 21.1. The molecule has 1 amide bonds. The van der Waals surface area contributed by atoms with Gasteiger partial charge in [-0.15, -0.1) is 11.3 Å². The number of rotatable bonds is 5. The molecule has 3 nitrogen and oxygen atoms in total. The van der Waals surface area contributed by atoms with Crippen molar-refractivity contribution < 1.29 is 9.69 Å². The number of fused-ring (bicyclic) bond motifs is 1. The predicted octanol–water partition coefficient (Wildman–Crippen LogP) is 3.17. The molecule has 4 rings (SSSR count). The molecule has 0 fully saturated rings. The molecule has 1 aliphatic rings. The highest BCUT2D eigenvalue weighted by Crippen LogP contribution is 2.19. The van der Waals surface area contributed by atoms with E-state index in [0.717, 1.165) is 25.1 Å². The van der Waals surface area contributed by atoms with Gasteiger partial charge in [-0.25, -0.2) is 0 Å². The van der Waals surface area contributed by atoms with E-state index in [0.29, 0.717) is 6.54 Å². The molecular weight excluding hydrogens is 352 g/mol. The Kier molecular flexibility index (Phi) is 5.37. The minimum Gasteiger partial charge on any atom is -0.346 e. The van der Waals surface area contributed by atoms with Crippen LogP contribution in [0.2, 0.25) is 0 Å². The van der Waals surface area contributed by atoms with Gasteiger partial charge in [-0.2, -0.15) is 0 Å². The number of carbonyl (C=O) groups is 1. The summed E-state index contributed by atoms with van der Waals surface area (Å²) in [5.41, 5.74) is 4.80. The number of quaternary nitrogens is 1. The second-order valence-corrected chi connectivity index (χ2v) is 8.23. The maximum absolute atomic E-state index is 12.6. The standard InChI is InChI=1S/C23H24N2OS/c1-17-8-10-19(11-9-17)23(26)24-15-21(22-7-4-14-27-22)25-13-12-18-5-2-3-6-20(18)16-25/h2-11,14,21H,12-13,15-16H2,1H3,(H,24,26)/p+1/t21-/m1/s1. The first-order chi connectivity index (χ1) is 13.2. The number of thiophene rings is 1. The number of benzene rings is 2. The molecule has 1 aliphatic heterocycles. The van der Waals surface area contributed by atoms with Gasteiger partial charge in [0.25, 0.3) is 5.91 Å². The van der Waals surface area contributed by atoms with E-state index < -0.39 is 0 Å². The van der Waals surface area contributed by atoms with E-state index in [1.54, 1.807) is 11.3 Å². The van der Waals surface area contributed by atoms with Gasteiger partial charge in [0.2, 0.25) is 0 Å². The Morgan fingerprint density at radius 3 is 2.59 bits per heavy atom. The van der Waals surface area contributed by atoms with Crippen molar-refractivity contribution in [3.8, 4) is 0 Å². The van der Waals surface area contributed by atoms with Crippen molar-refractivity contribution in [2.45, 2.75) is 25.9 Å². The van der Waals surface area contributed by atoms with Crippen LogP contribution in [0.5, 0.6) is 0 Å². The monoisotopic (exact) mass is 377 g/mol. The maximum atomic E-state index is 12.6. The van der Waals surface area contributed by atoms with Crippen molar-refractivity contribution in [2.75, 3.05) is 13.1 Å². The number of aryl methyl sites for hydroxylation is 1. The number of amides is 1. The summed E-state index contributed by atoms with van der Waals surface area (Å²) < 4.78 is 0. The first-order valence-electron chi connectivity index (χ1n) is 9.50. The Balaban J connectivity index is 1.49. The van der Waals surface area contributed by atoms with Crippen molar-refractivity contribution in [1.29, 1.82) is 0 Å². The summed E-state index contributed by atoms with van der Waals surface area (Å²) in [5, 5.41) is 5.30. The molecule has 0 radical (unpaired) electrons. The molecule has 2 N–H and O–H groups in total. The fraction of sp³-hybridized carbons (Fsp3) is 0.261. The Labute approximate surface area is 164 Å². The lowest BCUT2D eigenvalue weighted by Crippen LogP contribution is -3.12. The van der Waals surface area contributed by atoms with Gasteiger partial charge in [-0.3, -0.25) is 4.79 Å². The lowest BCUT2D eigenvalue weighted by molar-refractivity contribution is -0.945. The fourth-order valence-electron chi connectivity index (χ4n) is 3.84. The number of carbonyl (C=O) groups excluding carboxylic acids is 1. The van der Waals surface area contributed by atoms with Gasteiger partial charge in [0.1, 0.15) is 12.6 Å². The molecular formula is C23H25N2OS+. The zero-order valence-corrected chi connectivity index (χ0v) is 16.4. The van der Waals surface area contributed by atoms with Gasteiger partial charge < -0.3 is 10.2 Å². The van der Waals surface area contributed by atoms with Crippen LogP contribution in [-0.2, 0) is 13.0 Å². The molecule has 1 unspecified atom stereocenters. The molecule has 27 heavy (non-hydrogen) atoms. The molecule has 0 bridgehead atoms.